The molecule has 0 aromatic rings. The number of carbonyl (C=O) groups is 1. The van der Waals surface area contributed by atoms with Crippen molar-refractivity contribution >= 4 is 5.91 Å². The molecule has 1 rings (SSSR count). The lowest BCUT2D eigenvalue weighted by molar-refractivity contribution is -0.120. The minimum absolute atomic E-state index is 0.168. The summed E-state index contributed by atoms with van der Waals surface area (Å²) in [5.41, 5.74) is 5.38. The van der Waals surface area contributed by atoms with E-state index in [1.807, 2.05) is 0 Å². The molecule has 0 radical (unpaired) electrons. The smallest absolute Gasteiger partial charge is 0.234 e. The van der Waals surface area contributed by atoms with Crippen LogP contribution in [0.25, 0.3) is 0 Å². The van der Waals surface area contributed by atoms with Crippen LogP contribution in [-0.4, -0.2) is 43.5 Å². The first-order valence-electron chi connectivity index (χ1n) is 6.84. The van der Waals surface area contributed by atoms with Gasteiger partial charge >= 0.3 is 0 Å². The standard InChI is InChI=1S/C13H27N3O/c1-3-8-15-12(13(14)17)7-9-16(2)10-11-5-4-6-11/h11-12,15H,3-10H2,1-2H3,(H2,14,17). The van der Waals surface area contributed by atoms with Crippen molar-refractivity contribution < 1.29 is 4.79 Å². The lowest BCUT2D eigenvalue weighted by atomic mass is 9.85. The zero-order valence-corrected chi connectivity index (χ0v) is 11.2. The van der Waals surface area contributed by atoms with E-state index in [0.29, 0.717) is 0 Å². The van der Waals surface area contributed by atoms with Gasteiger partial charge in [-0.2, -0.15) is 0 Å². The Hall–Kier alpha value is -0.610. The molecule has 0 spiro atoms. The summed E-state index contributed by atoms with van der Waals surface area (Å²) in [5.74, 6) is 0.658. The average molecular weight is 241 g/mol. The summed E-state index contributed by atoms with van der Waals surface area (Å²) in [6.07, 6.45) is 5.98. The topological polar surface area (TPSA) is 58.4 Å². The van der Waals surface area contributed by atoms with Gasteiger partial charge in [0.05, 0.1) is 6.04 Å². The van der Waals surface area contributed by atoms with E-state index in [1.165, 1.54) is 25.8 Å². The molecule has 0 bridgehead atoms. The highest BCUT2D eigenvalue weighted by atomic mass is 16.1. The molecule has 1 unspecified atom stereocenters. The summed E-state index contributed by atoms with van der Waals surface area (Å²) in [6, 6.07) is -0.168. The lowest BCUT2D eigenvalue weighted by Crippen LogP contribution is -2.44. The van der Waals surface area contributed by atoms with Crippen LogP contribution in [0.3, 0.4) is 0 Å². The van der Waals surface area contributed by atoms with Gasteiger partial charge in [0.1, 0.15) is 0 Å². The molecule has 1 aliphatic rings. The highest BCUT2D eigenvalue weighted by Gasteiger charge is 2.20. The minimum atomic E-state index is -0.226. The third-order valence-electron chi connectivity index (χ3n) is 3.58. The number of nitrogens with zero attached hydrogens (tertiary/aromatic N) is 1. The van der Waals surface area contributed by atoms with Crippen LogP contribution in [-0.2, 0) is 4.79 Å². The molecule has 0 heterocycles. The third kappa shape index (κ3) is 5.50. The van der Waals surface area contributed by atoms with E-state index in [1.54, 1.807) is 0 Å². The Bertz CT molecular complexity index is 229. The number of hydrogen-bond donors (Lipinski definition) is 2. The van der Waals surface area contributed by atoms with E-state index in [0.717, 1.165) is 31.8 Å². The van der Waals surface area contributed by atoms with E-state index in [9.17, 15) is 4.79 Å². The molecular weight excluding hydrogens is 214 g/mol. The zero-order valence-electron chi connectivity index (χ0n) is 11.2. The van der Waals surface area contributed by atoms with Crippen LogP contribution < -0.4 is 11.1 Å². The molecule has 17 heavy (non-hydrogen) atoms. The van der Waals surface area contributed by atoms with Gasteiger partial charge in [0.15, 0.2) is 0 Å². The van der Waals surface area contributed by atoms with Gasteiger partial charge in [0, 0.05) is 6.54 Å². The predicted octanol–water partition coefficient (Wildman–Crippen LogP) is 0.962. The summed E-state index contributed by atoms with van der Waals surface area (Å²) in [5, 5.41) is 3.20. The highest BCUT2D eigenvalue weighted by Crippen LogP contribution is 2.26. The summed E-state index contributed by atoms with van der Waals surface area (Å²) in [6.45, 7) is 5.06. The molecule has 4 nitrogen and oxygen atoms in total. The van der Waals surface area contributed by atoms with Crippen LogP contribution in [0.4, 0.5) is 0 Å². The molecule has 0 aromatic heterocycles. The molecule has 0 saturated heterocycles. The number of nitrogens with one attached hydrogen (secondary N) is 1. The number of amides is 1. The fraction of sp³-hybridized carbons (Fsp3) is 0.923. The first kappa shape index (κ1) is 14.5. The second-order valence-corrected chi connectivity index (χ2v) is 5.26. The van der Waals surface area contributed by atoms with Gasteiger partial charge < -0.3 is 16.0 Å². The molecular formula is C13H27N3O. The van der Waals surface area contributed by atoms with Crippen molar-refractivity contribution in [2.75, 3.05) is 26.7 Å². The number of rotatable bonds is 9. The Morgan fingerprint density at radius 2 is 2.24 bits per heavy atom. The molecule has 1 fully saturated rings. The monoisotopic (exact) mass is 241 g/mol. The number of hydrogen-bond acceptors (Lipinski definition) is 3. The first-order valence-corrected chi connectivity index (χ1v) is 6.84. The van der Waals surface area contributed by atoms with E-state index in [2.05, 4.69) is 24.2 Å². The molecule has 0 aliphatic heterocycles. The largest absolute Gasteiger partial charge is 0.368 e. The molecule has 4 heteroatoms. The molecule has 3 N–H and O–H groups in total. The Morgan fingerprint density at radius 1 is 1.53 bits per heavy atom. The van der Waals surface area contributed by atoms with Crippen molar-refractivity contribution in [3.8, 4) is 0 Å². The SMILES string of the molecule is CCCNC(CCN(C)CC1CCC1)C(N)=O. The Morgan fingerprint density at radius 3 is 2.71 bits per heavy atom. The van der Waals surface area contributed by atoms with Gasteiger partial charge in [-0.1, -0.05) is 13.3 Å². The van der Waals surface area contributed by atoms with Crippen molar-refractivity contribution in [2.45, 2.75) is 45.1 Å². The summed E-state index contributed by atoms with van der Waals surface area (Å²) in [7, 11) is 2.14. The summed E-state index contributed by atoms with van der Waals surface area (Å²) >= 11 is 0. The zero-order chi connectivity index (χ0) is 12.7. The molecule has 1 saturated carbocycles. The van der Waals surface area contributed by atoms with Crippen LogP contribution >= 0.6 is 0 Å². The maximum Gasteiger partial charge on any atom is 0.234 e. The van der Waals surface area contributed by atoms with Gasteiger partial charge in [-0.25, -0.2) is 0 Å². The van der Waals surface area contributed by atoms with Gasteiger partial charge in [0.2, 0.25) is 5.91 Å². The summed E-state index contributed by atoms with van der Waals surface area (Å²) in [4.78, 5) is 13.6. The van der Waals surface area contributed by atoms with Gasteiger partial charge in [-0.15, -0.1) is 0 Å². The highest BCUT2D eigenvalue weighted by molar-refractivity contribution is 5.79. The van der Waals surface area contributed by atoms with Gasteiger partial charge in [0.25, 0.3) is 0 Å². The van der Waals surface area contributed by atoms with E-state index in [4.69, 9.17) is 5.73 Å². The van der Waals surface area contributed by atoms with E-state index < -0.39 is 0 Å². The van der Waals surface area contributed by atoms with Crippen LogP contribution in [0.2, 0.25) is 0 Å². The quantitative estimate of drug-likeness (QED) is 0.632. The van der Waals surface area contributed by atoms with Crippen molar-refractivity contribution in [3.05, 3.63) is 0 Å². The predicted molar refractivity (Wildman–Crippen MR) is 70.7 cm³/mol. The molecule has 100 valence electrons. The average Bonchev–Trinajstić information content (AvgIpc) is 2.23. The Labute approximate surface area is 105 Å². The molecule has 0 aromatic carbocycles. The lowest BCUT2D eigenvalue weighted by Gasteiger charge is -2.30. The van der Waals surface area contributed by atoms with Crippen molar-refractivity contribution in [1.82, 2.24) is 10.2 Å². The first-order chi connectivity index (χ1) is 8.13. The van der Waals surface area contributed by atoms with E-state index in [-0.39, 0.29) is 11.9 Å². The second kappa shape index (κ2) is 7.67. The Balaban J connectivity index is 2.17. The normalized spacial score (nSPS) is 18.1. The Kier molecular flexibility index (Phi) is 6.52. The molecule has 1 aliphatic carbocycles. The van der Waals surface area contributed by atoms with Crippen molar-refractivity contribution in [3.63, 3.8) is 0 Å². The third-order valence-corrected chi connectivity index (χ3v) is 3.58. The fourth-order valence-electron chi connectivity index (χ4n) is 2.22. The number of nitrogens with two attached hydrogens (primary N) is 1. The number of carbonyl (C=O) groups excluding carboxylic acids is 1. The maximum atomic E-state index is 11.2. The van der Waals surface area contributed by atoms with Gasteiger partial charge in [-0.3, -0.25) is 4.79 Å². The number of primary amides is 1. The van der Waals surface area contributed by atoms with Crippen molar-refractivity contribution in [2.24, 2.45) is 11.7 Å². The fourth-order valence-corrected chi connectivity index (χ4v) is 2.22. The van der Waals surface area contributed by atoms with Crippen LogP contribution in [0, 0.1) is 5.92 Å². The maximum absolute atomic E-state index is 11.2. The van der Waals surface area contributed by atoms with Crippen LogP contribution in [0.15, 0.2) is 0 Å². The second-order valence-electron chi connectivity index (χ2n) is 5.26. The minimum Gasteiger partial charge on any atom is -0.368 e. The van der Waals surface area contributed by atoms with Crippen molar-refractivity contribution in [1.29, 1.82) is 0 Å². The van der Waals surface area contributed by atoms with E-state index >= 15 is 0 Å². The van der Waals surface area contributed by atoms with Gasteiger partial charge in [-0.05, 0) is 51.7 Å². The summed E-state index contributed by atoms with van der Waals surface area (Å²) < 4.78 is 0. The van der Waals surface area contributed by atoms with Crippen LogP contribution in [0.5, 0.6) is 0 Å². The molecule has 1 atom stereocenters. The van der Waals surface area contributed by atoms with Crippen LogP contribution in [0.1, 0.15) is 39.0 Å². The molecule has 1 amide bonds.